The van der Waals surface area contributed by atoms with Crippen LogP contribution in [0.5, 0.6) is 17.2 Å². The van der Waals surface area contributed by atoms with Gasteiger partial charge in [-0.1, -0.05) is 36.2 Å². The lowest BCUT2D eigenvalue weighted by Crippen LogP contribution is -2.62. The number of piperidine rings is 1. The van der Waals surface area contributed by atoms with E-state index in [9.17, 15) is 26.4 Å². The van der Waals surface area contributed by atoms with Crippen LogP contribution < -0.4 is 18.5 Å². The Balaban J connectivity index is 1.94. The number of para-hydroxylation sites is 1. The number of likely N-dealkylation sites (tertiary alicyclic amines) is 1. The van der Waals surface area contributed by atoms with Crippen molar-refractivity contribution >= 4 is 39.1 Å². The first-order valence-electron chi connectivity index (χ1n) is 14.5. The SMILES string of the molecule is COc1ccc(S(=O)(=O)N2C(=O)C(c3ccccc3OC)(N3CCCCC3C(=O)N(C)C)c3cc(Cl)c(C(F)(F)F)cc32)c(OC)c1. The van der Waals surface area contributed by atoms with Gasteiger partial charge in [0, 0.05) is 37.8 Å². The lowest BCUT2D eigenvalue weighted by Gasteiger charge is -2.47. The number of fused-ring (bicyclic) bond motifs is 1. The molecule has 1 fully saturated rings. The van der Waals surface area contributed by atoms with E-state index in [1.165, 1.54) is 44.4 Å². The Labute approximate surface area is 275 Å². The number of ether oxygens (including phenoxy) is 3. The fourth-order valence-electron chi connectivity index (χ4n) is 6.46. The van der Waals surface area contributed by atoms with E-state index in [4.69, 9.17) is 25.8 Å². The normalized spacial score (nSPS) is 20.1. The average molecular weight is 696 g/mol. The first-order valence-corrected chi connectivity index (χ1v) is 16.3. The summed E-state index contributed by atoms with van der Waals surface area (Å²) in [5.74, 6) is -1.34. The maximum atomic E-state index is 15.3. The van der Waals surface area contributed by atoms with E-state index >= 15 is 4.79 Å². The summed E-state index contributed by atoms with van der Waals surface area (Å²) in [7, 11) is 2.01. The Morgan fingerprint density at radius 3 is 2.26 bits per heavy atom. The van der Waals surface area contributed by atoms with E-state index < -0.39 is 54.9 Å². The van der Waals surface area contributed by atoms with Crippen molar-refractivity contribution in [3.8, 4) is 17.2 Å². The van der Waals surface area contributed by atoms with Crippen LogP contribution in [0.1, 0.15) is 36.0 Å². The molecule has 47 heavy (non-hydrogen) atoms. The third-order valence-electron chi connectivity index (χ3n) is 8.54. The van der Waals surface area contributed by atoms with Crippen molar-refractivity contribution in [2.24, 2.45) is 0 Å². The summed E-state index contributed by atoms with van der Waals surface area (Å²) in [6.07, 6.45) is -3.59. The number of anilines is 1. The number of hydrogen-bond donors (Lipinski definition) is 0. The van der Waals surface area contributed by atoms with Gasteiger partial charge in [0.15, 0.2) is 5.54 Å². The third-order valence-corrected chi connectivity index (χ3v) is 10.6. The summed E-state index contributed by atoms with van der Waals surface area (Å²) in [5.41, 5.74) is -4.11. The zero-order valence-corrected chi connectivity index (χ0v) is 27.8. The van der Waals surface area contributed by atoms with Gasteiger partial charge >= 0.3 is 6.18 Å². The quantitative estimate of drug-likeness (QED) is 0.313. The molecule has 5 rings (SSSR count). The number of halogens is 4. The van der Waals surface area contributed by atoms with Crippen LogP contribution in [0.3, 0.4) is 0 Å². The van der Waals surface area contributed by atoms with Gasteiger partial charge in [-0.3, -0.25) is 14.5 Å². The average Bonchev–Trinajstić information content (AvgIpc) is 3.30. The highest BCUT2D eigenvalue weighted by Gasteiger charge is 2.63. The van der Waals surface area contributed by atoms with Crippen LogP contribution in [0.15, 0.2) is 59.5 Å². The number of alkyl halides is 3. The molecule has 3 aromatic carbocycles. The predicted octanol–water partition coefficient (Wildman–Crippen LogP) is 5.31. The number of sulfonamides is 1. The Morgan fingerprint density at radius 1 is 0.957 bits per heavy atom. The molecule has 0 spiro atoms. The molecular formula is C32H33ClF3N3O7S. The number of benzene rings is 3. The van der Waals surface area contributed by atoms with Crippen molar-refractivity contribution in [1.29, 1.82) is 0 Å². The molecule has 0 bridgehead atoms. The molecule has 1 saturated heterocycles. The van der Waals surface area contributed by atoms with Crippen molar-refractivity contribution in [3.05, 3.63) is 76.3 Å². The summed E-state index contributed by atoms with van der Waals surface area (Å²) >= 11 is 6.32. The highest BCUT2D eigenvalue weighted by Crippen LogP contribution is 2.56. The number of hydrogen-bond acceptors (Lipinski definition) is 8. The van der Waals surface area contributed by atoms with Gasteiger partial charge in [0.2, 0.25) is 5.91 Å². The number of carbonyl (C=O) groups excluding carboxylic acids is 2. The minimum Gasteiger partial charge on any atom is -0.497 e. The smallest absolute Gasteiger partial charge is 0.417 e. The number of nitrogens with zero attached hydrogens (tertiary/aromatic N) is 3. The molecular weight excluding hydrogens is 663 g/mol. The molecule has 3 aromatic rings. The van der Waals surface area contributed by atoms with Gasteiger partial charge in [0.1, 0.15) is 22.1 Å². The lowest BCUT2D eigenvalue weighted by molar-refractivity contribution is -0.142. The van der Waals surface area contributed by atoms with Crippen molar-refractivity contribution in [3.63, 3.8) is 0 Å². The molecule has 0 radical (unpaired) electrons. The molecule has 10 nitrogen and oxygen atoms in total. The van der Waals surface area contributed by atoms with Crippen molar-refractivity contribution in [2.45, 2.75) is 41.9 Å². The Hall–Kier alpha value is -4.01. The molecule has 0 aliphatic carbocycles. The van der Waals surface area contributed by atoms with Crippen molar-refractivity contribution in [2.75, 3.05) is 46.3 Å². The van der Waals surface area contributed by atoms with Gasteiger partial charge in [-0.05, 0) is 43.2 Å². The third kappa shape index (κ3) is 5.45. The van der Waals surface area contributed by atoms with E-state index in [0.29, 0.717) is 29.6 Å². The monoisotopic (exact) mass is 695 g/mol. The Kier molecular flexibility index (Phi) is 9.16. The van der Waals surface area contributed by atoms with E-state index in [2.05, 4.69) is 0 Å². The maximum absolute atomic E-state index is 15.3. The minimum absolute atomic E-state index is 0.117. The summed E-state index contributed by atoms with van der Waals surface area (Å²) in [4.78, 5) is 31.5. The summed E-state index contributed by atoms with van der Waals surface area (Å²) < 4.78 is 88.9. The van der Waals surface area contributed by atoms with E-state index in [-0.39, 0.29) is 40.8 Å². The van der Waals surface area contributed by atoms with Crippen LogP contribution in [0.25, 0.3) is 0 Å². The second-order valence-electron chi connectivity index (χ2n) is 11.3. The van der Waals surface area contributed by atoms with Crippen molar-refractivity contribution < 1.29 is 45.4 Å². The second-order valence-corrected chi connectivity index (χ2v) is 13.4. The number of likely N-dealkylation sites (N-methyl/N-ethyl adjacent to an activating group) is 1. The summed E-state index contributed by atoms with van der Waals surface area (Å²) in [6, 6.07) is 10.6. The van der Waals surface area contributed by atoms with Gasteiger partial charge in [0.05, 0.1) is 43.6 Å². The molecule has 2 atom stereocenters. The molecule has 0 aromatic heterocycles. The predicted molar refractivity (Wildman–Crippen MR) is 167 cm³/mol. The second kappa shape index (κ2) is 12.5. The molecule has 15 heteroatoms. The minimum atomic E-state index is -5.01. The van der Waals surface area contributed by atoms with Crippen LogP contribution in [-0.4, -0.2) is 78.0 Å². The first-order chi connectivity index (χ1) is 22.2. The largest absolute Gasteiger partial charge is 0.497 e. The fourth-order valence-corrected chi connectivity index (χ4v) is 8.32. The van der Waals surface area contributed by atoms with Crippen LogP contribution in [0, 0.1) is 0 Å². The maximum Gasteiger partial charge on any atom is 0.417 e. The molecule has 2 unspecified atom stereocenters. The van der Waals surface area contributed by atoms with Crippen molar-refractivity contribution in [1.82, 2.24) is 9.80 Å². The van der Waals surface area contributed by atoms with Crippen LogP contribution >= 0.6 is 11.6 Å². The highest BCUT2D eigenvalue weighted by atomic mass is 35.5. The van der Waals surface area contributed by atoms with E-state index in [1.807, 2.05) is 0 Å². The number of amides is 2. The van der Waals surface area contributed by atoms with Gasteiger partial charge in [0.25, 0.3) is 15.9 Å². The van der Waals surface area contributed by atoms with Gasteiger partial charge < -0.3 is 19.1 Å². The van der Waals surface area contributed by atoms with Crippen LogP contribution in [-0.2, 0) is 31.3 Å². The Morgan fingerprint density at radius 2 is 1.64 bits per heavy atom. The molecule has 0 N–H and O–H groups in total. The molecule has 2 amide bonds. The number of rotatable bonds is 8. The standard InChI is InChI=1S/C32H33ClF3N3O7S/c1-37(2)29(40)24-11-8-9-15-38(24)31(20-10-6-7-12-26(20)45-4)22-17-23(33)21(32(34,35)36)18-25(22)39(30(31)41)47(42,43)28-14-13-19(44-3)16-27(28)46-5/h6-7,10,12-14,16-18,24H,8-9,11,15H2,1-5H3. The van der Waals surface area contributed by atoms with Crippen LogP contribution in [0.4, 0.5) is 18.9 Å². The highest BCUT2D eigenvalue weighted by molar-refractivity contribution is 7.93. The number of carbonyl (C=O) groups is 2. The number of methoxy groups -OCH3 is 3. The molecule has 252 valence electrons. The molecule has 2 aliphatic rings. The lowest BCUT2D eigenvalue weighted by atomic mass is 9.78. The topological polar surface area (TPSA) is 106 Å². The van der Waals surface area contributed by atoms with Crippen LogP contribution in [0.2, 0.25) is 5.02 Å². The molecule has 2 heterocycles. The van der Waals surface area contributed by atoms with E-state index in [1.54, 1.807) is 37.2 Å². The summed E-state index contributed by atoms with van der Waals surface area (Å²) in [5, 5.41) is -0.753. The first kappa shape index (κ1) is 34.3. The fraction of sp³-hybridized carbons (Fsp3) is 0.375. The molecule has 0 saturated carbocycles. The van der Waals surface area contributed by atoms with Gasteiger partial charge in [-0.2, -0.15) is 13.2 Å². The van der Waals surface area contributed by atoms with Gasteiger partial charge in [-0.15, -0.1) is 0 Å². The zero-order chi connectivity index (χ0) is 34.5. The zero-order valence-electron chi connectivity index (χ0n) is 26.2. The summed E-state index contributed by atoms with van der Waals surface area (Å²) in [6.45, 7) is 0.117. The van der Waals surface area contributed by atoms with E-state index in [0.717, 1.165) is 12.1 Å². The van der Waals surface area contributed by atoms with Gasteiger partial charge in [-0.25, -0.2) is 12.7 Å². The molecule has 2 aliphatic heterocycles. The Bertz CT molecular complexity index is 1840.